The summed E-state index contributed by atoms with van der Waals surface area (Å²) in [6, 6.07) is 29.4. The molecule has 0 radical (unpaired) electrons. The topological polar surface area (TPSA) is 79.6 Å². The van der Waals surface area contributed by atoms with Crippen molar-refractivity contribution in [3.8, 4) is 0 Å². The highest BCUT2D eigenvalue weighted by Gasteiger charge is 2.71. The average molecular weight is 571 g/mol. The van der Waals surface area contributed by atoms with Crippen molar-refractivity contribution in [1.82, 2.24) is 4.90 Å². The van der Waals surface area contributed by atoms with Crippen LogP contribution in [0.25, 0.3) is 17.0 Å². The molecule has 6 nitrogen and oxygen atoms in total. The van der Waals surface area contributed by atoms with Crippen LogP contribution < -0.4 is 5.32 Å². The van der Waals surface area contributed by atoms with Crippen molar-refractivity contribution in [3.63, 3.8) is 0 Å². The van der Waals surface area contributed by atoms with Crippen LogP contribution in [0.2, 0.25) is 5.02 Å². The second-order valence-corrected chi connectivity index (χ2v) is 11.3. The number of nitrogens with zero attached hydrogens (tertiary/aromatic N) is 1. The molecule has 4 atom stereocenters. The van der Waals surface area contributed by atoms with Crippen LogP contribution in [0.4, 0.5) is 5.69 Å². The molecule has 42 heavy (non-hydrogen) atoms. The molecule has 1 N–H and O–H groups in total. The minimum atomic E-state index is -1.44. The van der Waals surface area contributed by atoms with E-state index in [0.29, 0.717) is 22.4 Å². The molecule has 1 saturated heterocycles. The number of furan rings is 1. The highest BCUT2D eigenvalue weighted by atomic mass is 35.5. The van der Waals surface area contributed by atoms with E-state index in [0.717, 1.165) is 16.5 Å². The molecule has 4 aromatic carbocycles. The molecular formula is C35H23ClN2O4. The van der Waals surface area contributed by atoms with E-state index in [1.54, 1.807) is 36.4 Å². The van der Waals surface area contributed by atoms with Gasteiger partial charge in [0.15, 0.2) is 11.5 Å². The summed E-state index contributed by atoms with van der Waals surface area (Å²) < 4.78 is 6.09. The van der Waals surface area contributed by atoms with Gasteiger partial charge in [0, 0.05) is 22.8 Å². The molecule has 1 fully saturated rings. The van der Waals surface area contributed by atoms with Gasteiger partial charge in [-0.05, 0) is 53.1 Å². The predicted octanol–water partition coefficient (Wildman–Crippen LogP) is 7.07. The molecular weight excluding hydrogens is 548 g/mol. The molecule has 1 aromatic heterocycles. The summed E-state index contributed by atoms with van der Waals surface area (Å²) in [6.45, 7) is 0. The average Bonchev–Trinajstić information content (AvgIpc) is 3.68. The second kappa shape index (κ2) is 9.03. The summed E-state index contributed by atoms with van der Waals surface area (Å²) in [6.07, 6.45) is 3.77. The Bertz CT molecular complexity index is 1960. The van der Waals surface area contributed by atoms with Crippen molar-refractivity contribution in [3.05, 3.63) is 142 Å². The number of carbonyl (C=O) groups excluding carboxylic acids is 3. The van der Waals surface area contributed by atoms with E-state index in [1.807, 2.05) is 83.9 Å². The summed E-state index contributed by atoms with van der Waals surface area (Å²) in [5, 5.41) is 4.11. The lowest BCUT2D eigenvalue weighted by molar-refractivity contribution is -0.122. The summed E-state index contributed by atoms with van der Waals surface area (Å²) in [5.74, 6) is -2.10. The number of ketones is 2. The van der Waals surface area contributed by atoms with E-state index < -0.39 is 29.2 Å². The number of para-hydroxylation sites is 2. The third-order valence-electron chi connectivity index (χ3n) is 8.93. The van der Waals surface area contributed by atoms with Gasteiger partial charge in [-0.1, -0.05) is 84.4 Å². The van der Waals surface area contributed by atoms with Crippen LogP contribution in [0.1, 0.15) is 43.6 Å². The standard InChI is InChI=1S/C35H23ClN2O4/c36-25-14-6-4-12-23(25)31(39)30-29(32(40)28-19-21-10-2-8-16-27(21)42-28)35(24-13-5-7-15-26(24)37-34(35)41)33-22-11-3-1-9-20(22)17-18-38(30)33/h1-19,29-30,33H,(H,37,41). The highest BCUT2D eigenvalue weighted by Crippen LogP contribution is 2.62. The number of amides is 1. The van der Waals surface area contributed by atoms with Crippen molar-refractivity contribution in [2.45, 2.75) is 17.5 Å². The number of Topliss-reactive ketones (excluding diaryl/α,β-unsaturated/α-hetero) is 2. The first-order chi connectivity index (χ1) is 20.5. The van der Waals surface area contributed by atoms with Crippen molar-refractivity contribution in [2.75, 3.05) is 5.32 Å². The summed E-state index contributed by atoms with van der Waals surface area (Å²) >= 11 is 6.57. The molecule has 4 heterocycles. The van der Waals surface area contributed by atoms with Crippen LogP contribution in [-0.2, 0) is 10.2 Å². The molecule has 7 heteroatoms. The normalized spacial score (nSPS) is 23.5. The van der Waals surface area contributed by atoms with Gasteiger partial charge in [-0.15, -0.1) is 0 Å². The smallest absolute Gasteiger partial charge is 0.238 e. The molecule has 8 rings (SSSR count). The van der Waals surface area contributed by atoms with E-state index in [-0.39, 0.29) is 22.5 Å². The first-order valence-corrected chi connectivity index (χ1v) is 14.1. The number of benzene rings is 4. The monoisotopic (exact) mass is 570 g/mol. The molecule has 5 aromatic rings. The van der Waals surface area contributed by atoms with Crippen molar-refractivity contribution < 1.29 is 18.8 Å². The Labute approximate surface area is 246 Å². The second-order valence-electron chi connectivity index (χ2n) is 10.9. The number of nitrogens with one attached hydrogen (secondary N) is 1. The van der Waals surface area contributed by atoms with Gasteiger partial charge in [-0.2, -0.15) is 0 Å². The zero-order valence-corrected chi connectivity index (χ0v) is 22.9. The van der Waals surface area contributed by atoms with Gasteiger partial charge in [0.05, 0.1) is 17.0 Å². The predicted molar refractivity (Wildman–Crippen MR) is 160 cm³/mol. The van der Waals surface area contributed by atoms with Gasteiger partial charge in [0.1, 0.15) is 17.0 Å². The third-order valence-corrected chi connectivity index (χ3v) is 9.26. The van der Waals surface area contributed by atoms with Gasteiger partial charge in [-0.3, -0.25) is 14.4 Å². The molecule has 0 aliphatic carbocycles. The number of fused-ring (bicyclic) bond motifs is 7. The fourth-order valence-corrected chi connectivity index (χ4v) is 7.47. The Morgan fingerprint density at radius 3 is 2.45 bits per heavy atom. The number of hydrogen-bond donors (Lipinski definition) is 1. The van der Waals surface area contributed by atoms with Crippen molar-refractivity contribution in [2.24, 2.45) is 5.92 Å². The van der Waals surface area contributed by atoms with E-state index in [9.17, 15) is 14.4 Å². The maximum atomic E-state index is 14.9. The fourth-order valence-electron chi connectivity index (χ4n) is 7.24. The number of rotatable bonds is 4. The quantitative estimate of drug-likeness (QED) is 0.234. The van der Waals surface area contributed by atoms with E-state index in [1.165, 1.54) is 0 Å². The molecule has 204 valence electrons. The maximum Gasteiger partial charge on any atom is 0.238 e. The number of halogens is 1. The van der Waals surface area contributed by atoms with Crippen LogP contribution >= 0.6 is 11.6 Å². The molecule has 0 saturated carbocycles. The van der Waals surface area contributed by atoms with Crippen LogP contribution in [0.3, 0.4) is 0 Å². The Hall–Kier alpha value is -4.94. The Kier molecular flexibility index (Phi) is 5.34. The first kappa shape index (κ1) is 24.8. The fraction of sp³-hybridized carbons (Fsp3) is 0.114. The maximum absolute atomic E-state index is 14.9. The van der Waals surface area contributed by atoms with Crippen molar-refractivity contribution >= 4 is 51.8 Å². The summed E-state index contributed by atoms with van der Waals surface area (Å²) in [5.41, 5.74) is 2.51. The van der Waals surface area contributed by atoms with E-state index in [2.05, 4.69) is 5.32 Å². The van der Waals surface area contributed by atoms with Gasteiger partial charge < -0.3 is 14.6 Å². The van der Waals surface area contributed by atoms with Gasteiger partial charge in [-0.25, -0.2) is 0 Å². The minimum Gasteiger partial charge on any atom is -0.453 e. The van der Waals surface area contributed by atoms with Crippen LogP contribution in [-0.4, -0.2) is 28.4 Å². The third kappa shape index (κ3) is 3.24. The minimum absolute atomic E-state index is 0.104. The summed E-state index contributed by atoms with van der Waals surface area (Å²) in [4.78, 5) is 46.0. The molecule has 4 unspecified atom stereocenters. The summed E-state index contributed by atoms with van der Waals surface area (Å²) in [7, 11) is 0. The molecule has 3 aliphatic heterocycles. The Morgan fingerprint density at radius 1 is 0.857 bits per heavy atom. The number of hydrogen-bond acceptors (Lipinski definition) is 5. The van der Waals surface area contributed by atoms with E-state index >= 15 is 0 Å². The zero-order chi connectivity index (χ0) is 28.6. The lowest BCUT2D eigenvalue weighted by Gasteiger charge is -2.38. The van der Waals surface area contributed by atoms with Crippen molar-refractivity contribution in [1.29, 1.82) is 0 Å². The van der Waals surface area contributed by atoms with Crippen LogP contribution in [0.5, 0.6) is 0 Å². The van der Waals surface area contributed by atoms with E-state index in [4.69, 9.17) is 16.0 Å². The lowest BCUT2D eigenvalue weighted by atomic mass is 9.63. The molecule has 0 bridgehead atoms. The Morgan fingerprint density at radius 2 is 1.60 bits per heavy atom. The number of anilines is 1. The largest absolute Gasteiger partial charge is 0.453 e. The number of carbonyl (C=O) groups is 3. The molecule has 3 aliphatic rings. The van der Waals surface area contributed by atoms with Gasteiger partial charge in [0.2, 0.25) is 11.7 Å². The first-order valence-electron chi connectivity index (χ1n) is 13.8. The SMILES string of the molecule is O=C(c1ccccc1Cl)C1C(C(=O)c2cc3ccccc3o2)C2(C(=O)Nc3ccccc32)C2c3ccccc3C=CN12. The van der Waals surface area contributed by atoms with Crippen LogP contribution in [0.15, 0.2) is 114 Å². The Balaban J connectivity index is 1.44. The van der Waals surface area contributed by atoms with Gasteiger partial charge in [0.25, 0.3) is 0 Å². The molecule has 1 amide bonds. The molecule has 1 spiro atoms. The highest BCUT2D eigenvalue weighted by molar-refractivity contribution is 6.34. The zero-order valence-electron chi connectivity index (χ0n) is 22.2. The van der Waals surface area contributed by atoms with Crippen LogP contribution in [0, 0.1) is 5.92 Å². The lowest BCUT2D eigenvalue weighted by Crippen LogP contribution is -2.49. The van der Waals surface area contributed by atoms with Gasteiger partial charge >= 0.3 is 0 Å².